The molecule has 1 aliphatic heterocycles. The highest BCUT2D eigenvalue weighted by atomic mass is 16.1. The summed E-state index contributed by atoms with van der Waals surface area (Å²) in [6.45, 7) is 0.722. The van der Waals surface area contributed by atoms with Crippen molar-refractivity contribution >= 4 is 11.7 Å². The molecule has 1 aromatic heterocycles. The number of anilines is 1. The lowest BCUT2D eigenvalue weighted by molar-refractivity contribution is -0.119. The highest BCUT2D eigenvalue weighted by molar-refractivity contribution is 5.84. The maximum absolute atomic E-state index is 11.3. The number of carbonyl (C=O) groups is 1. The van der Waals surface area contributed by atoms with Gasteiger partial charge in [-0.05, 0) is 25.0 Å². The Bertz CT molecular complexity index is 452. The second-order valence-corrected chi connectivity index (χ2v) is 3.74. The first kappa shape index (κ1) is 10.4. The highest BCUT2D eigenvalue weighted by Gasteiger charge is 2.31. The van der Waals surface area contributed by atoms with Crippen molar-refractivity contribution < 1.29 is 4.79 Å². The van der Waals surface area contributed by atoms with Crippen LogP contribution in [-0.2, 0) is 4.79 Å². The number of hydrogen-bond donors (Lipinski definition) is 1. The molecule has 1 aliphatic rings. The maximum atomic E-state index is 11.3. The molecule has 1 saturated heterocycles. The van der Waals surface area contributed by atoms with Crippen molar-refractivity contribution in [2.24, 2.45) is 5.73 Å². The monoisotopic (exact) mass is 216 g/mol. The van der Waals surface area contributed by atoms with Crippen LogP contribution in [0.2, 0.25) is 0 Å². The Balaban J connectivity index is 2.37. The Morgan fingerprint density at radius 2 is 2.50 bits per heavy atom. The summed E-state index contributed by atoms with van der Waals surface area (Å²) >= 11 is 0. The normalized spacial score (nSPS) is 19.4. The molecule has 1 amide bonds. The molecule has 0 unspecified atom stereocenters. The van der Waals surface area contributed by atoms with Gasteiger partial charge in [0.2, 0.25) is 5.91 Å². The molecule has 0 saturated carbocycles. The number of hydrogen-bond acceptors (Lipinski definition) is 4. The van der Waals surface area contributed by atoms with Gasteiger partial charge in [-0.3, -0.25) is 4.79 Å². The predicted molar refractivity (Wildman–Crippen MR) is 58.5 cm³/mol. The molecule has 0 aliphatic carbocycles. The van der Waals surface area contributed by atoms with Crippen molar-refractivity contribution in [1.82, 2.24) is 4.98 Å². The number of pyridine rings is 1. The van der Waals surface area contributed by atoms with Crippen LogP contribution in [0.25, 0.3) is 0 Å². The van der Waals surface area contributed by atoms with E-state index in [4.69, 9.17) is 11.0 Å². The number of primary amides is 1. The third-order valence-corrected chi connectivity index (χ3v) is 2.76. The molecule has 2 heterocycles. The molecule has 0 aromatic carbocycles. The fraction of sp³-hybridized carbons (Fsp3) is 0.364. The number of nitrogens with two attached hydrogens (primary N) is 1. The second-order valence-electron chi connectivity index (χ2n) is 3.74. The third-order valence-electron chi connectivity index (χ3n) is 2.76. The van der Waals surface area contributed by atoms with Crippen molar-refractivity contribution in [3.05, 3.63) is 23.9 Å². The SMILES string of the molecule is N#Cc1cccnc1N1CCC[C@@H]1C(N)=O. The lowest BCUT2D eigenvalue weighted by atomic mass is 10.2. The van der Waals surface area contributed by atoms with Crippen LogP contribution >= 0.6 is 0 Å². The van der Waals surface area contributed by atoms with E-state index in [-0.39, 0.29) is 11.9 Å². The molecule has 2 rings (SSSR count). The summed E-state index contributed by atoms with van der Waals surface area (Å²) in [7, 11) is 0. The van der Waals surface area contributed by atoms with Gasteiger partial charge in [-0.1, -0.05) is 0 Å². The van der Waals surface area contributed by atoms with E-state index in [1.807, 2.05) is 4.90 Å². The minimum absolute atomic E-state index is 0.331. The van der Waals surface area contributed by atoms with Crippen LogP contribution in [0, 0.1) is 11.3 Å². The van der Waals surface area contributed by atoms with Crippen molar-refractivity contribution in [2.45, 2.75) is 18.9 Å². The summed E-state index contributed by atoms with van der Waals surface area (Å²) in [5.74, 6) is 0.207. The quantitative estimate of drug-likeness (QED) is 0.776. The maximum Gasteiger partial charge on any atom is 0.240 e. The highest BCUT2D eigenvalue weighted by Crippen LogP contribution is 2.25. The Morgan fingerprint density at radius 1 is 1.69 bits per heavy atom. The minimum Gasteiger partial charge on any atom is -0.368 e. The van der Waals surface area contributed by atoms with E-state index in [1.165, 1.54) is 0 Å². The fourth-order valence-corrected chi connectivity index (χ4v) is 2.03. The largest absolute Gasteiger partial charge is 0.368 e. The van der Waals surface area contributed by atoms with Crippen LogP contribution < -0.4 is 10.6 Å². The summed E-state index contributed by atoms with van der Waals surface area (Å²) in [5.41, 5.74) is 5.81. The van der Waals surface area contributed by atoms with Crippen LogP contribution in [0.4, 0.5) is 5.82 Å². The lowest BCUT2D eigenvalue weighted by Gasteiger charge is -2.23. The average molecular weight is 216 g/mol. The predicted octanol–water partition coefficient (Wildman–Crippen LogP) is 0.407. The summed E-state index contributed by atoms with van der Waals surface area (Å²) in [6, 6.07) is 5.14. The van der Waals surface area contributed by atoms with Gasteiger partial charge in [0.1, 0.15) is 17.9 Å². The van der Waals surface area contributed by atoms with E-state index in [0.717, 1.165) is 19.4 Å². The molecule has 1 aromatic rings. The van der Waals surface area contributed by atoms with Gasteiger partial charge in [0.05, 0.1) is 5.56 Å². The molecular weight excluding hydrogens is 204 g/mol. The topological polar surface area (TPSA) is 83.0 Å². The molecule has 82 valence electrons. The number of amides is 1. The first-order valence-corrected chi connectivity index (χ1v) is 5.15. The number of aromatic nitrogens is 1. The van der Waals surface area contributed by atoms with Gasteiger partial charge in [-0.2, -0.15) is 5.26 Å². The second kappa shape index (κ2) is 4.19. The van der Waals surface area contributed by atoms with Crippen molar-refractivity contribution in [3.63, 3.8) is 0 Å². The van der Waals surface area contributed by atoms with Crippen LogP contribution in [0.3, 0.4) is 0 Å². The minimum atomic E-state index is -0.355. The van der Waals surface area contributed by atoms with Gasteiger partial charge >= 0.3 is 0 Å². The van der Waals surface area contributed by atoms with Crippen LogP contribution in [-0.4, -0.2) is 23.5 Å². The molecule has 16 heavy (non-hydrogen) atoms. The Kier molecular flexibility index (Phi) is 2.73. The molecule has 1 fully saturated rings. The van der Waals surface area contributed by atoms with E-state index in [1.54, 1.807) is 18.3 Å². The van der Waals surface area contributed by atoms with Gasteiger partial charge < -0.3 is 10.6 Å². The van der Waals surface area contributed by atoms with Crippen molar-refractivity contribution in [2.75, 3.05) is 11.4 Å². The summed E-state index contributed by atoms with van der Waals surface area (Å²) in [5, 5.41) is 8.97. The first-order chi connectivity index (χ1) is 7.74. The zero-order chi connectivity index (χ0) is 11.5. The zero-order valence-electron chi connectivity index (χ0n) is 8.76. The van der Waals surface area contributed by atoms with Gasteiger partial charge in [-0.15, -0.1) is 0 Å². The van der Waals surface area contributed by atoms with Gasteiger partial charge in [0, 0.05) is 12.7 Å². The zero-order valence-corrected chi connectivity index (χ0v) is 8.76. The Hall–Kier alpha value is -2.09. The summed E-state index contributed by atoms with van der Waals surface area (Å²) in [6.07, 6.45) is 3.25. The Labute approximate surface area is 93.5 Å². The third kappa shape index (κ3) is 1.70. The number of nitriles is 1. The van der Waals surface area contributed by atoms with Crippen LogP contribution in [0.5, 0.6) is 0 Å². The van der Waals surface area contributed by atoms with Crippen LogP contribution in [0.1, 0.15) is 18.4 Å². The molecule has 1 atom stereocenters. The standard InChI is InChI=1S/C11H12N4O/c12-7-8-3-1-5-14-11(8)15-6-2-4-9(15)10(13)16/h1,3,5,9H,2,4,6H2,(H2,13,16)/t9-/m1/s1. The number of carbonyl (C=O) groups excluding carboxylic acids is 1. The molecular formula is C11H12N4O. The van der Waals surface area contributed by atoms with E-state index >= 15 is 0 Å². The molecule has 5 nitrogen and oxygen atoms in total. The van der Waals surface area contributed by atoms with Crippen LogP contribution in [0.15, 0.2) is 18.3 Å². The summed E-state index contributed by atoms with van der Waals surface area (Å²) < 4.78 is 0. The van der Waals surface area contributed by atoms with E-state index in [2.05, 4.69) is 11.1 Å². The lowest BCUT2D eigenvalue weighted by Crippen LogP contribution is -2.41. The van der Waals surface area contributed by atoms with E-state index < -0.39 is 0 Å². The van der Waals surface area contributed by atoms with Crippen molar-refractivity contribution in [1.29, 1.82) is 5.26 Å². The van der Waals surface area contributed by atoms with E-state index in [0.29, 0.717) is 11.4 Å². The molecule has 5 heteroatoms. The molecule has 2 N–H and O–H groups in total. The fourth-order valence-electron chi connectivity index (χ4n) is 2.03. The summed E-state index contributed by atoms with van der Waals surface area (Å²) in [4.78, 5) is 17.2. The molecule has 0 bridgehead atoms. The van der Waals surface area contributed by atoms with E-state index in [9.17, 15) is 4.79 Å². The first-order valence-electron chi connectivity index (χ1n) is 5.15. The smallest absolute Gasteiger partial charge is 0.240 e. The average Bonchev–Trinajstić information content (AvgIpc) is 2.77. The number of nitrogens with zero attached hydrogens (tertiary/aromatic N) is 3. The Morgan fingerprint density at radius 3 is 3.19 bits per heavy atom. The van der Waals surface area contributed by atoms with Gasteiger partial charge in [0.15, 0.2) is 0 Å². The molecule has 0 spiro atoms. The molecule has 0 radical (unpaired) electrons. The number of rotatable bonds is 2. The van der Waals surface area contributed by atoms with Gasteiger partial charge in [-0.25, -0.2) is 4.98 Å². The van der Waals surface area contributed by atoms with Gasteiger partial charge in [0.25, 0.3) is 0 Å². The van der Waals surface area contributed by atoms with Crippen molar-refractivity contribution in [3.8, 4) is 6.07 Å².